The Kier molecular flexibility index (Phi) is 7.22. The third-order valence-corrected chi connectivity index (χ3v) is 4.45. The first kappa shape index (κ1) is 21.9. The van der Waals surface area contributed by atoms with Gasteiger partial charge in [0.2, 0.25) is 0 Å². The Hall–Kier alpha value is -2.36. The quantitative estimate of drug-likeness (QED) is 0.817. The van der Waals surface area contributed by atoms with Crippen molar-refractivity contribution in [3.05, 3.63) is 24.2 Å². The van der Waals surface area contributed by atoms with Crippen LogP contribution in [0.25, 0.3) is 5.65 Å². The Morgan fingerprint density at radius 3 is 2.43 bits per heavy atom. The molecule has 0 aromatic carbocycles. The molecule has 1 saturated heterocycles. The minimum absolute atomic E-state index is 0.420. The molecule has 2 N–H and O–H groups in total. The van der Waals surface area contributed by atoms with Crippen LogP contribution in [0, 0.1) is 0 Å². The van der Waals surface area contributed by atoms with Crippen LogP contribution in [0.1, 0.15) is 45.4 Å². The zero-order valence-corrected chi connectivity index (χ0v) is 16.2. The van der Waals surface area contributed by atoms with E-state index >= 15 is 0 Å². The van der Waals surface area contributed by atoms with E-state index in [-0.39, 0.29) is 0 Å². The van der Waals surface area contributed by atoms with Gasteiger partial charge in [0.25, 0.3) is 0 Å². The van der Waals surface area contributed by atoms with E-state index in [9.17, 15) is 13.2 Å². The molecule has 0 amide bonds. The first-order valence-electron chi connectivity index (χ1n) is 9.25. The second kappa shape index (κ2) is 9.22. The van der Waals surface area contributed by atoms with Gasteiger partial charge in [-0.05, 0) is 58.5 Å². The largest absolute Gasteiger partial charge is 0.490 e. The summed E-state index contributed by atoms with van der Waals surface area (Å²) in [6.45, 7) is 9.98. The zero-order valence-electron chi connectivity index (χ0n) is 16.2. The predicted molar refractivity (Wildman–Crippen MR) is 99.5 cm³/mol. The number of pyridine rings is 1. The number of anilines is 1. The van der Waals surface area contributed by atoms with Crippen LogP contribution < -0.4 is 5.32 Å². The number of nitrogens with zero attached hydrogens (tertiary/aromatic N) is 4. The van der Waals surface area contributed by atoms with Gasteiger partial charge in [0.15, 0.2) is 11.5 Å². The van der Waals surface area contributed by atoms with Crippen LogP contribution in [-0.2, 0) is 4.79 Å². The van der Waals surface area contributed by atoms with E-state index in [1.165, 1.54) is 12.8 Å². The van der Waals surface area contributed by atoms with Gasteiger partial charge >= 0.3 is 12.1 Å². The number of carboxylic acids is 1. The summed E-state index contributed by atoms with van der Waals surface area (Å²) < 4.78 is 33.6. The predicted octanol–water partition coefficient (Wildman–Crippen LogP) is 3.38. The number of carboxylic acid groups (broad SMARTS) is 1. The lowest BCUT2D eigenvalue weighted by molar-refractivity contribution is -0.192. The lowest BCUT2D eigenvalue weighted by Crippen LogP contribution is -2.32. The summed E-state index contributed by atoms with van der Waals surface area (Å²) in [7, 11) is 0. The van der Waals surface area contributed by atoms with Gasteiger partial charge in [-0.25, -0.2) is 14.3 Å². The average Bonchev–Trinajstić information content (AvgIpc) is 3.04. The fraction of sp³-hybridized carbons (Fsp3) is 0.611. The second-order valence-electron chi connectivity index (χ2n) is 7.00. The standard InChI is InChI=1S/C16H25N5.C2HF3O2/c1-4-20-9-7-13(8-10-20)16-18-15-6-5-14(17-12(2)3)11-21(15)19-16;3-2(4,5)1(6)7/h5-6,11-13,17H,4,7-10H2,1-3H3;(H,6,7). The number of hydrogen-bond donors (Lipinski definition) is 2. The van der Waals surface area contributed by atoms with E-state index in [0.29, 0.717) is 12.0 Å². The first-order valence-corrected chi connectivity index (χ1v) is 9.25. The molecule has 2 aromatic rings. The number of likely N-dealkylation sites (tertiary alicyclic amines) is 1. The third kappa shape index (κ3) is 6.08. The maximum atomic E-state index is 10.6. The maximum absolute atomic E-state index is 10.6. The Labute approximate surface area is 161 Å². The Balaban J connectivity index is 0.000000345. The molecule has 1 fully saturated rings. The summed E-state index contributed by atoms with van der Waals surface area (Å²) in [5.41, 5.74) is 2.03. The third-order valence-electron chi connectivity index (χ3n) is 4.45. The summed E-state index contributed by atoms with van der Waals surface area (Å²) >= 11 is 0. The van der Waals surface area contributed by atoms with E-state index in [0.717, 1.165) is 36.8 Å². The molecule has 1 aliphatic rings. The molecule has 2 aromatic heterocycles. The molecular formula is C18H26F3N5O2. The highest BCUT2D eigenvalue weighted by Crippen LogP contribution is 2.26. The Morgan fingerprint density at radius 1 is 1.32 bits per heavy atom. The van der Waals surface area contributed by atoms with Crippen molar-refractivity contribution in [2.75, 3.05) is 25.0 Å². The molecule has 1 aliphatic heterocycles. The monoisotopic (exact) mass is 401 g/mol. The van der Waals surface area contributed by atoms with Crippen molar-refractivity contribution in [3.8, 4) is 0 Å². The molecule has 0 radical (unpaired) electrons. The molecule has 0 saturated carbocycles. The minimum atomic E-state index is -5.08. The van der Waals surface area contributed by atoms with Crippen molar-refractivity contribution in [2.24, 2.45) is 0 Å². The second-order valence-corrected chi connectivity index (χ2v) is 7.00. The Bertz CT molecular complexity index is 783. The van der Waals surface area contributed by atoms with Crippen LogP contribution in [0.2, 0.25) is 0 Å². The van der Waals surface area contributed by atoms with Gasteiger partial charge in [0.05, 0.1) is 11.9 Å². The smallest absolute Gasteiger partial charge is 0.475 e. The molecular weight excluding hydrogens is 375 g/mol. The fourth-order valence-corrected chi connectivity index (χ4v) is 3.00. The number of alkyl halides is 3. The maximum Gasteiger partial charge on any atom is 0.490 e. The van der Waals surface area contributed by atoms with Crippen LogP contribution >= 0.6 is 0 Å². The van der Waals surface area contributed by atoms with E-state index in [2.05, 4.69) is 37.1 Å². The number of carbonyl (C=O) groups is 1. The van der Waals surface area contributed by atoms with E-state index in [4.69, 9.17) is 20.0 Å². The summed E-state index contributed by atoms with van der Waals surface area (Å²) in [5, 5.41) is 15.2. The van der Waals surface area contributed by atoms with E-state index < -0.39 is 12.1 Å². The van der Waals surface area contributed by atoms with Crippen LogP contribution in [0.3, 0.4) is 0 Å². The lowest BCUT2D eigenvalue weighted by atomic mass is 9.96. The van der Waals surface area contributed by atoms with Crippen molar-refractivity contribution in [1.29, 1.82) is 0 Å². The molecule has 7 nitrogen and oxygen atoms in total. The summed E-state index contributed by atoms with van der Waals surface area (Å²) in [6.07, 6.45) is -0.712. The number of nitrogens with one attached hydrogen (secondary N) is 1. The highest BCUT2D eigenvalue weighted by atomic mass is 19.4. The van der Waals surface area contributed by atoms with Crippen LogP contribution in [-0.4, -0.2) is 62.4 Å². The molecule has 0 unspecified atom stereocenters. The molecule has 0 spiro atoms. The van der Waals surface area contributed by atoms with Crippen molar-refractivity contribution in [2.45, 2.75) is 51.7 Å². The molecule has 10 heteroatoms. The van der Waals surface area contributed by atoms with Crippen molar-refractivity contribution in [3.63, 3.8) is 0 Å². The number of hydrogen-bond acceptors (Lipinski definition) is 5. The number of aromatic nitrogens is 3. The van der Waals surface area contributed by atoms with E-state index in [1.807, 2.05) is 16.8 Å². The molecule has 156 valence electrons. The first-order chi connectivity index (χ1) is 13.1. The van der Waals surface area contributed by atoms with Gasteiger partial charge < -0.3 is 15.3 Å². The van der Waals surface area contributed by atoms with E-state index in [1.54, 1.807) is 0 Å². The number of rotatable bonds is 4. The summed E-state index contributed by atoms with van der Waals surface area (Å²) in [4.78, 5) is 16.1. The van der Waals surface area contributed by atoms with Crippen LogP contribution in [0.4, 0.5) is 18.9 Å². The number of fused-ring (bicyclic) bond motifs is 1. The number of aliphatic carboxylic acids is 1. The summed E-state index contributed by atoms with van der Waals surface area (Å²) in [5.74, 6) is -1.24. The zero-order chi connectivity index (χ0) is 20.9. The lowest BCUT2D eigenvalue weighted by Gasteiger charge is -2.29. The van der Waals surface area contributed by atoms with Crippen molar-refractivity contribution < 1.29 is 23.1 Å². The van der Waals surface area contributed by atoms with Gasteiger partial charge in [0, 0.05) is 12.0 Å². The Morgan fingerprint density at radius 2 is 1.93 bits per heavy atom. The SMILES string of the molecule is CCN1CCC(c2nc3ccc(NC(C)C)cn3n2)CC1.O=C(O)C(F)(F)F. The van der Waals surface area contributed by atoms with Gasteiger partial charge in [0.1, 0.15) is 0 Å². The normalized spacial score (nSPS) is 16.1. The van der Waals surface area contributed by atoms with Gasteiger partial charge in [-0.15, -0.1) is 0 Å². The van der Waals surface area contributed by atoms with Crippen molar-refractivity contribution in [1.82, 2.24) is 19.5 Å². The fourth-order valence-electron chi connectivity index (χ4n) is 3.00. The average molecular weight is 401 g/mol. The molecule has 3 rings (SSSR count). The van der Waals surface area contributed by atoms with Crippen LogP contribution in [0.15, 0.2) is 18.3 Å². The highest BCUT2D eigenvalue weighted by molar-refractivity contribution is 5.73. The van der Waals surface area contributed by atoms with Gasteiger partial charge in [-0.2, -0.15) is 18.3 Å². The number of piperidine rings is 1. The highest BCUT2D eigenvalue weighted by Gasteiger charge is 2.38. The van der Waals surface area contributed by atoms with Gasteiger partial charge in [-0.3, -0.25) is 0 Å². The van der Waals surface area contributed by atoms with Crippen LogP contribution in [0.5, 0.6) is 0 Å². The molecule has 3 heterocycles. The number of halogens is 3. The topological polar surface area (TPSA) is 82.8 Å². The minimum Gasteiger partial charge on any atom is -0.475 e. The summed E-state index contributed by atoms with van der Waals surface area (Å²) in [6, 6.07) is 4.54. The molecule has 0 atom stereocenters. The molecule has 0 bridgehead atoms. The van der Waals surface area contributed by atoms with Crippen molar-refractivity contribution >= 4 is 17.3 Å². The molecule has 28 heavy (non-hydrogen) atoms. The van der Waals surface area contributed by atoms with Gasteiger partial charge in [-0.1, -0.05) is 6.92 Å². The molecule has 0 aliphatic carbocycles.